The molecule has 0 amide bonds. The molecule has 0 atom stereocenters. The molecule has 0 fully saturated rings. The SMILES string of the molecule is CC(C)Oc1ccc(C[n+]2ccc3ccccc3c2)cc1. The highest BCUT2D eigenvalue weighted by Gasteiger charge is 2.05. The summed E-state index contributed by atoms with van der Waals surface area (Å²) < 4.78 is 7.88. The van der Waals surface area contributed by atoms with Gasteiger partial charge in [-0.05, 0) is 49.6 Å². The number of aromatic nitrogens is 1. The minimum absolute atomic E-state index is 0.214. The summed E-state index contributed by atoms with van der Waals surface area (Å²) in [5.74, 6) is 0.928. The second kappa shape index (κ2) is 5.96. The Balaban J connectivity index is 1.78. The monoisotopic (exact) mass is 278 g/mol. The van der Waals surface area contributed by atoms with Crippen molar-refractivity contribution in [1.29, 1.82) is 0 Å². The molecule has 0 bridgehead atoms. The molecule has 0 unspecified atom stereocenters. The van der Waals surface area contributed by atoms with Crippen LogP contribution in [0.2, 0.25) is 0 Å². The minimum Gasteiger partial charge on any atom is -0.491 e. The number of fused-ring (bicyclic) bond motifs is 1. The average molecular weight is 278 g/mol. The van der Waals surface area contributed by atoms with Gasteiger partial charge in [0.1, 0.15) is 5.75 Å². The molecule has 0 aliphatic heterocycles. The van der Waals surface area contributed by atoms with Gasteiger partial charge in [-0.2, -0.15) is 0 Å². The van der Waals surface area contributed by atoms with E-state index in [9.17, 15) is 0 Å². The summed E-state index contributed by atoms with van der Waals surface area (Å²) >= 11 is 0. The van der Waals surface area contributed by atoms with Crippen LogP contribution in [0.4, 0.5) is 0 Å². The Bertz CT molecular complexity index is 732. The molecular formula is C19H20NO+. The number of benzene rings is 2. The van der Waals surface area contributed by atoms with Gasteiger partial charge in [0, 0.05) is 17.0 Å². The summed E-state index contributed by atoms with van der Waals surface area (Å²) in [6, 6.07) is 18.9. The van der Waals surface area contributed by atoms with E-state index in [4.69, 9.17) is 4.74 Å². The van der Waals surface area contributed by atoms with Gasteiger partial charge in [0.2, 0.25) is 0 Å². The molecule has 2 heteroatoms. The maximum Gasteiger partial charge on any atom is 0.176 e. The first-order valence-electron chi connectivity index (χ1n) is 7.34. The Morgan fingerprint density at radius 3 is 2.33 bits per heavy atom. The zero-order chi connectivity index (χ0) is 14.7. The molecule has 0 saturated heterocycles. The molecule has 2 nitrogen and oxygen atoms in total. The third-order valence-electron chi connectivity index (χ3n) is 3.41. The van der Waals surface area contributed by atoms with Crippen LogP contribution in [0.15, 0.2) is 67.0 Å². The zero-order valence-electron chi connectivity index (χ0n) is 12.5. The Hall–Kier alpha value is -2.35. The van der Waals surface area contributed by atoms with Crippen molar-refractivity contribution in [3.05, 3.63) is 72.6 Å². The smallest absolute Gasteiger partial charge is 0.176 e. The van der Waals surface area contributed by atoms with Crippen molar-refractivity contribution in [1.82, 2.24) is 0 Å². The van der Waals surface area contributed by atoms with Gasteiger partial charge in [-0.1, -0.05) is 18.2 Å². The number of hydrogen-bond acceptors (Lipinski definition) is 1. The molecule has 0 N–H and O–H groups in total. The maximum atomic E-state index is 5.67. The number of hydrogen-bond donors (Lipinski definition) is 0. The van der Waals surface area contributed by atoms with Crippen molar-refractivity contribution in [2.24, 2.45) is 0 Å². The first-order chi connectivity index (χ1) is 10.2. The van der Waals surface area contributed by atoms with Crippen molar-refractivity contribution < 1.29 is 9.30 Å². The third-order valence-corrected chi connectivity index (χ3v) is 3.41. The van der Waals surface area contributed by atoms with Gasteiger partial charge in [-0.25, -0.2) is 4.57 Å². The minimum atomic E-state index is 0.214. The van der Waals surface area contributed by atoms with E-state index in [0.29, 0.717) is 0 Å². The van der Waals surface area contributed by atoms with E-state index in [-0.39, 0.29) is 6.10 Å². The van der Waals surface area contributed by atoms with Gasteiger partial charge in [0.05, 0.1) is 6.10 Å². The van der Waals surface area contributed by atoms with E-state index in [1.54, 1.807) is 0 Å². The molecule has 0 spiro atoms. The van der Waals surface area contributed by atoms with Crippen molar-refractivity contribution >= 4 is 10.8 Å². The molecule has 0 aliphatic carbocycles. The van der Waals surface area contributed by atoms with Crippen molar-refractivity contribution in [2.75, 3.05) is 0 Å². The van der Waals surface area contributed by atoms with E-state index >= 15 is 0 Å². The highest BCUT2D eigenvalue weighted by Crippen LogP contribution is 2.14. The second-order valence-corrected chi connectivity index (χ2v) is 5.56. The first-order valence-corrected chi connectivity index (χ1v) is 7.34. The highest BCUT2D eigenvalue weighted by molar-refractivity contribution is 5.80. The quantitative estimate of drug-likeness (QED) is 0.658. The van der Waals surface area contributed by atoms with Crippen LogP contribution in [0.25, 0.3) is 10.8 Å². The molecule has 21 heavy (non-hydrogen) atoms. The second-order valence-electron chi connectivity index (χ2n) is 5.56. The number of rotatable bonds is 4. The molecule has 1 heterocycles. The average Bonchev–Trinajstić information content (AvgIpc) is 2.49. The molecule has 1 aromatic heterocycles. The van der Waals surface area contributed by atoms with E-state index in [1.165, 1.54) is 16.3 Å². The van der Waals surface area contributed by atoms with Crippen LogP contribution >= 0.6 is 0 Å². The molecule has 0 saturated carbocycles. The Morgan fingerprint density at radius 2 is 1.62 bits per heavy atom. The number of nitrogens with zero attached hydrogens (tertiary/aromatic N) is 1. The van der Waals surface area contributed by atoms with Crippen LogP contribution in [-0.4, -0.2) is 6.10 Å². The lowest BCUT2D eigenvalue weighted by atomic mass is 10.1. The van der Waals surface area contributed by atoms with Crippen LogP contribution in [-0.2, 0) is 6.54 Å². The molecule has 0 radical (unpaired) electrons. The summed E-state index contributed by atoms with van der Waals surface area (Å²) in [6.45, 7) is 4.95. The maximum absolute atomic E-state index is 5.67. The fourth-order valence-corrected chi connectivity index (χ4v) is 2.43. The normalized spacial score (nSPS) is 11.0. The van der Waals surface area contributed by atoms with Crippen molar-refractivity contribution in [2.45, 2.75) is 26.5 Å². The van der Waals surface area contributed by atoms with E-state index in [0.717, 1.165) is 12.3 Å². The van der Waals surface area contributed by atoms with E-state index < -0.39 is 0 Å². The summed E-state index contributed by atoms with van der Waals surface area (Å²) in [5.41, 5.74) is 1.27. The Kier molecular flexibility index (Phi) is 3.87. The largest absolute Gasteiger partial charge is 0.491 e. The summed E-state index contributed by atoms with van der Waals surface area (Å²) in [5, 5.41) is 2.54. The molecule has 3 rings (SSSR count). The predicted molar refractivity (Wildman–Crippen MR) is 85.5 cm³/mol. The van der Waals surface area contributed by atoms with Gasteiger partial charge in [-0.3, -0.25) is 0 Å². The number of ether oxygens (including phenoxy) is 1. The van der Waals surface area contributed by atoms with Crippen LogP contribution in [0.3, 0.4) is 0 Å². The van der Waals surface area contributed by atoms with Crippen molar-refractivity contribution in [3.8, 4) is 5.75 Å². The summed E-state index contributed by atoms with van der Waals surface area (Å²) in [7, 11) is 0. The number of pyridine rings is 1. The fraction of sp³-hybridized carbons (Fsp3) is 0.211. The molecular weight excluding hydrogens is 258 g/mol. The molecule has 106 valence electrons. The van der Waals surface area contributed by atoms with Crippen LogP contribution in [0, 0.1) is 0 Å². The highest BCUT2D eigenvalue weighted by atomic mass is 16.5. The van der Waals surface area contributed by atoms with Gasteiger partial charge in [0.25, 0.3) is 0 Å². The standard InChI is InChI=1S/C19H20NO/c1-15(2)21-19-9-7-16(8-10-19)13-20-12-11-17-5-3-4-6-18(17)14-20/h3-12,14-15H,13H2,1-2H3/q+1. The van der Waals surface area contributed by atoms with Gasteiger partial charge >= 0.3 is 0 Å². The van der Waals surface area contributed by atoms with E-state index in [1.807, 2.05) is 26.0 Å². The lowest BCUT2D eigenvalue weighted by molar-refractivity contribution is -0.687. The summed E-state index contributed by atoms with van der Waals surface area (Å²) in [6.07, 6.45) is 4.53. The van der Waals surface area contributed by atoms with E-state index in [2.05, 4.69) is 59.4 Å². The lowest BCUT2D eigenvalue weighted by Gasteiger charge is -2.09. The van der Waals surface area contributed by atoms with Gasteiger partial charge in [0.15, 0.2) is 18.9 Å². The van der Waals surface area contributed by atoms with Crippen LogP contribution < -0.4 is 9.30 Å². The summed E-state index contributed by atoms with van der Waals surface area (Å²) in [4.78, 5) is 0. The molecule has 3 aromatic rings. The topological polar surface area (TPSA) is 13.1 Å². The van der Waals surface area contributed by atoms with Crippen LogP contribution in [0.5, 0.6) is 5.75 Å². The Morgan fingerprint density at radius 1 is 0.905 bits per heavy atom. The lowest BCUT2D eigenvalue weighted by Crippen LogP contribution is -2.33. The van der Waals surface area contributed by atoms with Gasteiger partial charge in [-0.15, -0.1) is 0 Å². The Labute approximate surface area is 125 Å². The van der Waals surface area contributed by atoms with Crippen molar-refractivity contribution in [3.63, 3.8) is 0 Å². The van der Waals surface area contributed by atoms with Gasteiger partial charge < -0.3 is 4.74 Å². The van der Waals surface area contributed by atoms with Crippen LogP contribution in [0.1, 0.15) is 19.4 Å². The fourth-order valence-electron chi connectivity index (χ4n) is 2.43. The zero-order valence-corrected chi connectivity index (χ0v) is 12.5. The predicted octanol–water partition coefficient (Wildman–Crippen LogP) is 3.96. The molecule has 2 aromatic carbocycles. The molecule has 0 aliphatic rings. The first kappa shape index (κ1) is 13.6. The third kappa shape index (κ3) is 3.40.